The molecule has 2 N–H and O–H groups in total. The van der Waals surface area contributed by atoms with E-state index in [2.05, 4.69) is 15.6 Å². The molecule has 0 aliphatic heterocycles. The Labute approximate surface area is 212 Å². The molecule has 4 rings (SSSR count). The molecule has 8 nitrogen and oxygen atoms in total. The molecule has 0 aliphatic carbocycles. The number of imidazole rings is 1. The lowest BCUT2D eigenvalue weighted by molar-refractivity contribution is 0.0950. The van der Waals surface area contributed by atoms with E-state index in [9.17, 15) is 18.4 Å². The van der Waals surface area contributed by atoms with Gasteiger partial charge in [0.25, 0.3) is 11.8 Å². The molecule has 0 atom stereocenters. The molecule has 1 aromatic heterocycles. The lowest BCUT2D eigenvalue weighted by Crippen LogP contribution is -2.22. The highest BCUT2D eigenvalue weighted by Crippen LogP contribution is 2.23. The first kappa shape index (κ1) is 25.8. The zero-order chi connectivity index (χ0) is 26.4. The third-order valence-electron chi connectivity index (χ3n) is 5.73. The van der Waals surface area contributed by atoms with Crippen molar-refractivity contribution < 1.29 is 27.8 Å². The van der Waals surface area contributed by atoms with E-state index in [-0.39, 0.29) is 17.4 Å². The van der Waals surface area contributed by atoms with Gasteiger partial charge in [0.2, 0.25) is 5.95 Å². The molecule has 0 aliphatic rings. The van der Waals surface area contributed by atoms with Crippen LogP contribution in [0.1, 0.15) is 32.7 Å². The number of ether oxygens (including phenoxy) is 2. The summed E-state index contributed by atoms with van der Waals surface area (Å²) in [5.74, 6) is -2.17. The number of benzene rings is 3. The van der Waals surface area contributed by atoms with Gasteiger partial charge in [0, 0.05) is 37.9 Å². The Morgan fingerprint density at radius 2 is 1.73 bits per heavy atom. The van der Waals surface area contributed by atoms with E-state index in [1.54, 1.807) is 37.0 Å². The van der Waals surface area contributed by atoms with Gasteiger partial charge >= 0.3 is 0 Å². The summed E-state index contributed by atoms with van der Waals surface area (Å²) in [5, 5.41) is 5.54. The lowest BCUT2D eigenvalue weighted by Gasteiger charge is -2.10. The highest BCUT2D eigenvalue weighted by molar-refractivity contribution is 6.04. The van der Waals surface area contributed by atoms with Gasteiger partial charge in [-0.2, -0.15) is 0 Å². The molecule has 0 unspecified atom stereocenters. The maximum atomic E-state index is 13.6. The van der Waals surface area contributed by atoms with Gasteiger partial charge in [-0.05, 0) is 60.5 Å². The van der Waals surface area contributed by atoms with Gasteiger partial charge < -0.3 is 19.4 Å². The molecule has 1 heterocycles. The second-order valence-corrected chi connectivity index (χ2v) is 8.25. The molecule has 37 heavy (non-hydrogen) atoms. The topological polar surface area (TPSA) is 94.5 Å². The SMILES string of the molecule is COCCCn1c(NC(=O)c2ccc(F)c(F)c2)nc2cc(C(=O)NCc3cccc(OC)c3)ccc21. The predicted molar refractivity (Wildman–Crippen MR) is 135 cm³/mol. The number of nitrogens with one attached hydrogen (secondary N) is 2. The molecule has 0 fully saturated rings. The summed E-state index contributed by atoms with van der Waals surface area (Å²) >= 11 is 0. The van der Waals surface area contributed by atoms with E-state index >= 15 is 0 Å². The Bertz CT molecular complexity index is 1440. The summed E-state index contributed by atoms with van der Waals surface area (Å²) in [6, 6.07) is 15.4. The molecule has 0 saturated carbocycles. The van der Waals surface area contributed by atoms with E-state index in [0.717, 1.165) is 17.7 Å². The van der Waals surface area contributed by atoms with Crippen molar-refractivity contribution >= 4 is 28.8 Å². The average Bonchev–Trinajstić information content (AvgIpc) is 3.25. The Morgan fingerprint density at radius 1 is 0.946 bits per heavy atom. The third-order valence-corrected chi connectivity index (χ3v) is 5.73. The Kier molecular flexibility index (Phi) is 8.09. The number of methoxy groups -OCH3 is 2. The summed E-state index contributed by atoms with van der Waals surface area (Å²) in [6.45, 7) is 1.27. The Hall–Kier alpha value is -4.31. The van der Waals surface area contributed by atoms with Crippen LogP contribution < -0.4 is 15.4 Å². The molecule has 0 bridgehead atoms. The number of rotatable bonds is 10. The minimum absolute atomic E-state index is 0.0491. The number of hydrogen-bond donors (Lipinski definition) is 2. The summed E-state index contributed by atoms with van der Waals surface area (Å²) in [4.78, 5) is 30.0. The molecule has 2 amide bonds. The van der Waals surface area contributed by atoms with Crippen LogP contribution in [0, 0.1) is 11.6 Å². The van der Waals surface area contributed by atoms with Crippen LogP contribution in [0.25, 0.3) is 11.0 Å². The standard InChI is InChI=1S/C27H26F2N4O4/c1-36-12-4-11-33-24-10-8-19(25(34)30-16-17-5-3-6-20(13-17)37-2)15-23(24)31-27(33)32-26(35)18-7-9-21(28)22(29)14-18/h3,5-10,13-15H,4,11-12,16H2,1-2H3,(H,30,34)(H,31,32,35). The van der Waals surface area contributed by atoms with Crippen LogP contribution in [0.4, 0.5) is 14.7 Å². The van der Waals surface area contributed by atoms with Crippen molar-refractivity contribution in [3.63, 3.8) is 0 Å². The fourth-order valence-corrected chi connectivity index (χ4v) is 3.84. The number of aryl methyl sites for hydroxylation is 1. The van der Waals surface area contributed by atoms with E-state index < -0.39 is 17.5 Å². The zero-order valence-electron chi connectivity index (χ0n) is 20.4. The highest BCUT2D eigenvalue weighted by atomic mass is 19.2. The smallest absolute Gasteiger partial charge is 0.258 e. The monoisotopic (exact) mass is 508 g/mol. The van der Waals surface area contributed by atoms with E-state index in [1.165, 1.54) is 6.07 Å². The Balaban J connectivity index is 1.57. The van der Waals surface area contributed by atoms with Crippen molar-refractivity contribution in [2.24, 2.45) is 0 Å². The number of amides is 2. The predicted octanol–water partition coefficient (Wildman–Crippen LogP) is 4.54. The van der Waals surface area contributed by atoms with Crippen molar-refractivity contribution in [1.29, 1.82) is 0 Å². The molecular formula is C27H26F2N4O4. The Morgan fingerprint density at radius 3 is 2.49 bits per heavy atom. The molecule has 10 heteroatoms. The number of aromatic nitrogens is 2. The summed E-state index contributed by atoms with van der Waals surface area (Å²) in [5.41, 5.74) is 2.42. The van der Waals surface area contributed by atoms with E-state index in [4.69, 9.17) is 9.47 Å². The largest absolute Gasteiger partial charge is 0.497 e. The van der Waals surface area contributed by atoms with Gasteiger partial charge in [-0.1, -0.05) is 12.1 Å². The van der Waals surface area contributed by atoms with Crippen molar-refractivity contribution in [3.05, 3.63) is 89.0 Å². The molecule has 0 spiro atoms. The van der Waals surface area contributed by atoms with Gasteiger partial charge in [-0.15, -0.1) is 0 Å². The number of carbonyl (C=O) groups is 2. The molecule has 0 saturated heterocycles. The first-order valence-electron chi connectivity index (χ1n) is 11.6. The molecular weight excluding hydrogens is 482 g/mol. The van der Waals surface area contributed by atoms with Crippen molar-refractivity contribution in [3.8, 4) is 5.75 Å². The fraction of sp³-hybridized carbons (Fsp3) is 0.222. The van der Waals surface area contributed by atoms with Gasteiger partial charge in [-0.25, -0.2) is 13.8 Å². The number of hydrogen-bond acceptors (Lipinski definition) is 5. The second kappa shape index (κ2) is 11.6. The molecule has 192 valence electrons. The summed E-state index contributed by atoms with van der Waals surface area (Å²) in [6.07, 6.45) is 0.638. The number of carbonyl (C=O) groups excluding carboxylic acids is 2. The number of halogens is 2. The molecule has 0 radical (unpaired) electrons. The first-order valence-corrected chi connectivity index (χ1v) is 11.6. The van der Waals surface area contributed by atoms with Crippen molar-refractivity contribution in [2.45, 2.75) is 19.5 Å². The number of anilines is 1. The summed E-state index contributed by atoms with van der Waals surface area (Å²) in [7, 11) is 3.17. The zero-order valence-corrected chi connectivity index (χ0v) is 20.4. The van der Waals surface area contributed by atoms with E-state index in [1.807, 2.05) is 24.3 Å². The fourth-order valence-electron chi connectivity index (χ4n) is 3.84. The molecule has 3 aromatic carbocycles. The minimum Gasteiger partial charge on any atom is -0.497 e. The number of fused-ring (bicyclic) bond motifs is 1. The lowest BCUT2D eigenvalue weighted by atomic mass is 10.1. The van der Waals surface area contributed by atoms with Crippen LogP contribution >= 0.6 is 0 Å². The van der Waals surface area contributed by atoms with Crippen LogP contribution in [0.15, 0.2) is 60.7 Å². The quantitative estimate of drug-likeness (QED) is 0.307. The van der Waals surface area contributed by atoms with Crippen LogP contribution in [0.3, 0.4) is 0 Å². The van der Waals surface area contributed by atoms with E-state index in [0.29, 0.717) is 48.5 Å². The molecule has 4 aromatic rings. The van der Waals surface area contributed by atoms with Crippen molar-refractivity contribution in [2.75, 3.05) is 26.1 Å². The average molecular weight is 509 g/mol. The highest BCUT2D eigenvalue weighted by Gasteiger charge is 2.17. The van der Waals surface area contributed by atoms with Crippen LogP contribution in [-0.4, -0.2) is 42.2 Å². The van der Waals surface area contributed by atoms with Gasteiger partial charge in [-0.3, -0.25) is 14.9 Å². The normalized spacial score (nSPS) is 10.9. The van der Waals surface area contributed by atoms with Crippen LogP contribution in [0.2, 0.25) is 0 Å². The maximum absolute atomic E-state index is 13.6. The number of nitrogens with zero attached hydrogens (tertiary/aromatic N) is 2. The maximum Gasteiger partial charge on any atom is 0.258 e. The first-order chi connectivity index (χ1) is 17.9. The van der Waals surface area contributed by atoms with Crippen LogP contribution in [0.5, 0.6) is 5.75 Å². The van der Waals surface area contributed by atoms with Gasteiger partial charge in [0.1, 0.15) is 5.75 Å². The van der Waals surface area contributed by atoms with Crippen LogP contribution in [-0.2, 0) is 17.8 Å². The van der Waals surface area contributed by atoms with Gasteiger partial charge in [0.15, 0.2) is 11.6 Å². The second-order valence-electron chi connectivity index (χ2n) is 8.25. The third kappa shape index (κ3) is 6.10. The minimum atomic E-state index is -1.12. The summed E-state index contributed by atoms with van der Waals surface area (Å²) < 4.78 is 39.0. The van der Waals surface area contributed by atoms with Crippen molar-refractivity contribution in [1.82, 2.24) is 14.9 Å². The van der Waals surface area contributed by atoms with Gasteiger partial charge in [0.05, 0.1) is 18.1 Å².